The topological polar surface area (TPSA) is 29.9 Å². The van der Waals surface area contributed by atoms with Crippen molar-refractivity contribution in [1.29, 1.82) is 0 Å². The van der Waals surface area contributed by atoms with E-state index in [1.54, 1.807) is 0 Å². The van der Waals surface area contributed by atoms with Crippen LogP contribution in [0.1, 0.15) is 35.4 Å². The van der Waals surface area contributed by atoms with Gasteiger partial charge in [-0.3, -0.25) is 4.68 Å². The van der Waals surface area contributed by atoms with Gasteiger partial charge in [0.05, 0.1) is 12.2 Å². The Morgan fingerprint density at radius 2 is 2.05 bits per heavy atom. The maximum absolute atomic E-state index is 4.73. The second-order valence-corrected chi connectivity index (χ2v) is 6.73. The molecule has 1 aliphatic rings. The molecule has 3 nitrogen and oxygen atoms in total. The number of aromatic nitrogens is 2. The third kappa shape index (κ3) is 3.55. The third-order valence-corrected chi connectivity index (χ3v) is 4.97. The van der Waals surface area contributed by atoms with Crippen LogP contribution in [0, 0.1) is 13.8 Å². The number of benzene rings is 1. The molecule has 3 rings (SSSR count). The van der Waals surface area contributed by atoms with Crippen molar-refractivity contribution in [3.63, 3.8) is 0 Å². The Hall–Kier alpha value is -1.13. The minimum Gasteiger partial charge on any atom is -0.314 e. The summed E-state index contributed by atoms with van der Waals surface area (Å²) < 4.78 is 3.27. The minimum atomic E-state index is 0.779. The SMILES string of the molecule is Cc1nn(Cc2ccccc2Br)c(C)c1CCNC1CC1. The van der Waals surface area contributed by atoms with Crippen LogP contribution in [0.5, 0.6) is 0 Å². The standard InChI is InChI=1S/C17H22BrN3/c1-12-16(9-10-19-15-7-8-15)13(2)21(20-12)11-14-5-3-4-6-17(14)18/h3-6,15,19H,7-11H2,1-2H3. The van der Waals surface area contributed by atoms with Gasteiger partial charge in [0, 0.05) is 16.2 Å². The normalized spacial score (nSPS) is 14.6. The van der Waals surface area contributed by atoms with Crippen molar-refractivity contribution in [2.75, 3.05) is 6.54 Å². The molecule has 0 spiro atoms. The zero-order chi connectivity index (χ0) is 14.8. The van der Waals surface area contributed by atoms with E-state index in [4.69, 9.17) is 5.10 Å². The van der Waals surface area contributed by atoms with Gasteiger partial charge in [-0.25, -0.2) is 0 Å². The first kappa shape index (κ1) is 14.8. The van der Waals surface area contributed by atoms with Gasteiger partial charge in [-0.15, -0.1) is 0 Å². The molecule has 21 heavy (non-hydrogen) atoms. The van der Waals surface area contributed by atoms with E-state index in [1.165, 1.54) is 29.7 Å². The van der Waals surface area contributed by atoms with Crippen LogP contribution < -0.4 is 5.32 Å². The number of halogens is 1. The van der Waals surface area contributed by atoms with E-state index >= 15 is 0 Å². The van der Waals surface area contributed by atoms with Crippen LogP contribution in [0.3, 0.4) is 0 Å². The monoisotopic (exact) mass is 347 g/mol. The molecule has 1 aromatic carbocycles. The van der Waals surface area contributed by atoms with E-state index in [0.717, 1.165) is 35.7 Å². The summed E-state index contributed by atoms with van der Waals surface area (Å²) in [5.74, 6) is 0. The largest absolute Gasteiger partial charge is 0.314 e. The maximum atomic E-state index is 4.73. The lowest BCUT2D eigenvalue weighted by Crippen LogP contribution is -2.19. The summed E-state index contributed by atoms with van der Waals surface area (Å²) in [4.78, 5) is 0. The Labute approximate surface area is 134 Å². The van der Waals surface area contributed by atoms with Crippen molar-refractivity contribution >= 4 is 15.9 Å². The van der Waals surface area contributed by atoms with E-state index in [1.807, 2.05) is 6.07 Å². The number of rotatable bonds is 6. The number of hydrogen-bond donors (Lipinski definition) is 1. The van der Waals surface area contributed by atoms with Gasteiger partial charge in [0.2, 0.25) is 0 Å². The first-order valence-electron chi connectivity index (χ1n) is 7.65. The highest BCUT2D eigenvalue weighted by Gasteiger charge is 2.20. The zero-order valence-corrected chi connectivity index (χ0v) is 14.3. The quantitative estimate of drug-likeness (QED) is 0.864. The van der Waals surface area contributed by atoms with Crippen LogP contribution in [0.25, 0.3) is 0 Å². The van der Waals surface area contributed by atoms with Gasteiger partial charge in [-0.1, -0.05) is 34.1 Å². The average Bonchev–Trinajstić information content (AvgIpc) is 3.24. The molecule has 1 fully saturated rings. The molecule has 1 aromatic heterocycles. The first-order chi connectivity index (χ1) is 10.1. The Bertz CT molecular complexity index is 629. The fourth-order valence-corrected chi connectivity index (χ4v) is 3.14. The second-order valence-electron chi connectivity index (χ2n) is 5.88. The molecule has 0 radical (unpaired) electrons. The van der Waals surface area contributed by atoms with Crippen molar-refractivity contribution in [3.05, 3.63) is 51.3 Å². The smallest absolute Gasteiger partial charge is 0.0673 e. The molecule has 1 heterocycles. The maximum Gasteiger partial charge on any atom is 0.0673 e. The van der Waals surface area contributed by atoms with Crippen molar-refractivity contribution in [2.45, 2.75) is 45.7 Å². The number of hydrogen-bond acceptors (Lipinski definition) is 2. The molecule has 1 aliphatic carbocycles. The molecule has 0 amide bonds. The molecule has 0 saturated heterocycles. The van der Waals surface area contributed by atoms with Crippen LogP contribution in [0.2, 0.25) is 0 Å². The Morgan fingerprint density at radius 1 is 1.29 bits per heavy atom. The number of nitrogens with zero attached hydrogens (tertiary/aromatic N) is 2. The second kappa shape index (κ2) is 6.32. The number of aryl methyl sites for hydroxylation is 1. The van der Waals surface area contributed by atoms with Crippen LogP contribution in [0.15, 0.2) is 28.7 Å². The van der Waals surface area contributed by atoms with Crippen LogP contribution >= 0.6 is 15.9 Å². The first-order valence-corrected chi connectivity index (χ1v) is 8.44. The van der Waals surface area contributed by atoms with Crippen molar-refractivity contribution < 1.29 is 0 Å². The van der Waals surface area contributed by atoms with Gasteiger partial charge < -0.3 is 5.32 Å². The van der Waals surface area contributed by atoms with Crippen LogP contribution in [-0.4, -0.2) is 22.4 Å². The molecule has 0 unspecified atom stereocenters. The predicted octanol–water partition coefficient (Wildman–Crippen LogP) is 3.61. The van der Waals surface area contributed by atoms with Crippen molar-refractivity contribution in [2.24, 2.45) is 0 Å². The van der Waals surface area contributed by atoms with Crippen molar-refractivity contribution in [3.8, 4) is 0 Å². The summed E-state index contributed by atoms with van der Waals surface area (Å²) in [5, 5.41) is 8.31. The lowest BCUT2D eigenvalue weighted by Gasteiger charge is -2.08. The van der Waals surface area contributed by atoms with Gasteiger partial charge in [0.25, 0.3) is 0 Å². The summed E-state index contributed by atoms with van der Waals surface area (Å²) in [6.45, 7) is 6.19. The van der Waals surface area contributed by atoms with E-state index < -0.39 is 0 Å². The highest BCUT2D eigenvalue weighted by molar-refractivity contribution is 9.10. The Balaban J connectivity index is 1.72. The molecule has 4 heteroatoms. The summed E-state index contributed by atoms with van der Waals surface area (Å²) in [6, 6.07) is 9.13. The highest BCUT2D eigenvalue weighted by Crippen LogP contribution is 2.21. The molecule has 112 valence electrons. The van der Waals surface area contributed by atoms with Gasteiger partial charge in [0.1, 0.15) is 0 Å². The highest BCUT2D eigenvalue weighted by atomic mass is 79.9. The molecule has 0 aliphatic heterocycles. The fourth-order valence-electron chi connectivity index (χ4n) is 2.73. The minimum absolute atomic E-state index is 0.779. The molecule has 1 N–H and O–H groups in total. The number of nitrogens with one attached hydrogen (secondary N) is 1. The van der Waals surface area contributed by atoms with Gasteiger partial charge in [-0.05, 0) is 56.8 Å². The van der Waals surface area contributed by atoms with E-state index in [2.05, 4.69) is 58.0 Å². The molecular weight excluding hydrogens is 326 g/mol. The lowest BCUT2D eigenvalue weighted by molar-refractivity contribution is 0.653. The van der Waals surface area contributed by atoms with Gasteiger partial charge in [-0.2, -0.15) is 5.10 Å². The third-order valence-electron chi connectivity index (χ3n) is 4.19. The van der Waals surface area contributed by atoms with Crippen LogP contribution in [0.4, 0.5) is 0 Å². The van der Waals surface area contributed by atoms with Gasteiger partial charge in [0.15, 0.2) is 0 Å². The molecule has 0 atom stereocenters. The van der Waals surface area contributed by atoms with Gasteiger partial charge >= 0.3 is 0 Å². The Kier molecular flexibility index (Phi) is 4.45. The Morgan fingerprint density at radius 3 is 2.76 bits per heavy atom. The zero-order valence-electron chi connectivity index (χ0n) is 12.7. The van der Waals surface area contributed by atoms with Crippen LogP contribution in [-0.2, 0) is 13.0 Å². The summed E-state index contributed by atoms with van der Waals surface area (Å²) in [7, 11) is 0. The molecular formula is C17H22BrN3. The van der Waals surface area contributed by atoms with E-state index in [9.17, 15) is 0 Å². The average molecular weight is 348 g/mol. The lowest BCUT2D eigenvalue weighted by atomic mass is 10.1. The predicted molar refractivity (Wildman–Crippen MR) is 89.7 cm³/mol. The molecule has 1 saturated carbocycles. The van der Waals surface area contributed by atoms with Crippen molar-refractivity contribution in [1.82, 2.24) is 15.1 Å². The fraction of sp³-hybridized carbons (Fsp3) is 0.471. The molecule has 0 bridgehead atoms. The summed E-state index contributed by atoms with van der Waals surface area (Å²) in [6.07, 6.45) is 3.77. The molecule has 2 aromatic rings. The summed E-state index contributed by atoms with van der Waals surface area (Å²) in [5.41, 5.74) is 5.12. The van der Waals surface area contributed by atoms with E-state index in [-0.39, 0.29) is 0 Å². The van der Waals surface area contributed by atoms with E-state index in [0.29, 0.717) is 0 Å². The summed E-state index contributed by atoms with van der Waals surface area (Å²) >= 11 is 3.62.